The Labute approximate surface area is 160 Å². The van der Waals surface area contributed by atoms with Gasteiger partial charge in [-0.3, -0.25) is 0 Å². The number of esters is 3. The fraction of sp³-hybridized carbons (Fsp3) is 0.389. The Morgan fingerprint density at radius 2 is 1.50 bits per heavy atom. The zero-order chi connectivity index (χ0) is 20.3. The van der Waals surface area contributed by atoms with Crippen LogP contribution in [0.4, 0.5) is 5.69 Å². The summed E-state index contributed by atoms with van der Waals surface area (Å²) >= 11 is 0. The molecule has 0 spiro atoms. The molecule has 0 amide bonds. The summed E-state index contributed by atoms with van der Waals surface area (Å²) in [5.74, 6) is -1.45. The predicted octanol–water partition coefficient (Wildman–Crippen LogP) is 0.639. The van der Waals surface area contributed by atoms with Crippen molar-refractivity contribution in [3.05, 3.63) is 29.0 Å². The number of anilines is 1. The van der Waals surface area contributed by atoms with E-state index in [-0.39, 0.29) is 35.9 Å². The van der Waals surface area contributed by atoms with E-state index in [1.165, 1.54) is 38.4 Å². The van der Waals surface area contributed by atoms with E-state index in [2.05, 4.69) is 0 Å². The summed E-state index contributed by atoms with van der Waals surface area (Å²) in [4.78, 5) is 38.3. The molecular weight excluding hydrogens is 374 g/mol. The second-order valence-corrected chi connectivity index (χ2v) is 5.72. The van der Waals surface area contributed by atoms with Crippen LogP contribution >= 0.6 is 0 Å². The van der Waals surface area contributed by atoms with Crippen LogP contribution in [0.1, 0.15) is 10.4 Å². The third kappa shape index (κ3) is 3.46. The van der Waals surface area contributed by atoms with Crippen LogP contribution in [0.2, 0.25) is 0 Å². The van der Waals surface area contributed by atoms with Crippen LogP contribution in [0.25, 0.3) is 0 Å². The average molecular weight is 393 g/mol. The first-order chi connectivity index (χ1) is 13.5. The molecule has 2 aliphatic heterocycles. The fourth-order valence-corrected chi connectivity index (χ4v) is 2.91. The Morgan fingerprint density at radius 3 is 2.11 bits per heavy atom. The van der Waals surface area contributed by atoms with E-state index >= 15 is 0 Å². The number of hydrogen-bond donors (Lipinski definition) is 0. The molecule has 0 aliphatic carbocycles. The number of nitrogens with zero attached hydrogens (tertiary/aromatic N) is 1. The lowest BCUT2D eigenvalue weighted by Gasteiger charge is -2.33. The highest BCUT2D eigenvalue weighted by Crippen LogP contribution is 2.39. The van der Waals surface area contributed by atoms with Crippen molar-refractivity contribution in [3.8, 4) is 11.5 Å². The van der Waals surface area contributed by atoms with Crippen LogP contribution in [0.3, 0.4) is 0 Å². The molecule has 0 N–H and O–H groups in total. The monoisotopic (exact) mass is 393 g/mol. The summed E-state index contributed by atoms with van der Waals surface area (Å²) in [6.45, 7) is 0.396. The molecule has 0 aromatic heterocycles. The zero-order valence-corrected chi connectivity index (χ0v) is 15.6. The van der Waals surface area contributed by atoms with Crippen LogP contribution in [0, 0.1) is 0 Å². The number of carbonyl (C=O) groups excluding carboxylic acids is 3. The highest BCUT2D eigenvalue weighted by molar-refractivity contribution is 6.05. The van der Waals surface area contributed by atoms with Gasteiger partial charge in [0, 0.05) is 12.1 Å². The van der Waals surface area contributed by atoms with E-state index in [1.807, 2.05) is 0 Å². The van der Waals surface area contributed by atoms with Crippen LogP contribution < -0.4 is 14.4 Å². The average Bonchev–Trinajstić information content (AvgIpc) is 2.75. The van der Waals surface area contributed by atoms with E-state index in [1.54, 1.807) is 0 Å². The summed E-state index contributed by atoms with van der Waals surface area (Å²) in [6.07, 6.45) is 0. The highest BCUT2D eigenvalue weighted by atomic mass is 16.6. The molecule has 0 radical (unpaired) electrons. The number of ether oxygens (including phenoxy) is 6. The van der Waals surface area contributed by atoms with Crippen molar-refractivity contribution in [2.75, 3.05) is 52.8 Å². The number of methoxy groups -OCH3 is 3. The molecule has 10 heteroatoms. The van der Waals surface area contributed by atoms with Crippen LogP contribution in [0.5, 0.6) is 11.5 Å². The third-order valence-electron chi connectivity index (χ3n) is 4.19. The molecule has 0 unspecified atom stereocenters. The summed E-state index contributed by atoms with van der Waals surface area (Å²) < 4.78 is 31.0. The maximum atomic E-state index is 12.5. The largest absolute Gasteiger partial charge is 0.486 e. The minimum atomic E-state index is -0.783. The van der Waals surface area contributed by atoms with Crippen molar-refractivity contribution in [1.82, 2.24) is 0 Å². The van der Waals surface area contributed by atoms with Gasteiger partial charge in [0.15, 0.2) is 11.5 Å². The van der Waals surface area contributed by atoms with Gasteiger partial charge in [-0.1, -0.05) is 0 Å². The maximum absolute atomic E-state index is 12.5. The van der Waals surface area contributed by atoms with Crippen molar-refractivity contribution in [2.45, 2.75) is 0 Å². The first-order valence-electron chi connectivity index (χ1n) is 8.28. The molecule has 0 saturated heterocycles. The number of fused-ring (bicyclic) bond motifs is 1. The second kappa shape index (κ2) is 8.17. The highest BCUT2D eigenvalue weighted by Gasteiger charge is 2.35. The SMILES string of the molecule is COC(=O)C1=C(C(=O)OC)N(c2cc3c(cc2C(=O)OC)OCCO3)COC1. The van der Waals surface area contributed by atoms with Gasteiger partial charge >= 0.3 is 17.9 Å². The number of benzene rings is 1. The molecule has 1 aromatic carbocycles. The summed E-state index contributed by atoms with van der Waals surface area (Å²) in [5.41, 5.74) is 0.203. The van der Waals surface area contributed by atoms with Crippen LogP contribution in [-0.2, 0) is 28.5 Å². The quantitative estimate of drug-likeness (QED) is 0.534. The van der Waals surface area contributed by atoms with E-state index < -0.39 is 17.9 Å². The summed E-state index contributed by atoms with van der Waals surface area (Å²) in [7, 11) is 3.60. The van der Waals surface area contributed by atoms with Gasteiger partial charge in [0.2, 0.25) is 0 Å². The fourth-order valence-electron chi connectivity index (χ4n) is 2.91. The first-order valence-corrected chi connectivity index (χ1v) is 8.28. The van der Waals surface area contributed by atoms with Gasteiger partial charge < -0.3 is 33.3 Å². The third-order valence-corrected chi connectivity index (χ3v) is 4.19. The molecule has 3 rings (SSSR count). The Kier molecular flexibility index (Phi) is 5.69. The van der Waals surface area contributed by atoms with Gasteiger partial charge in [-0.05, 0) is 0 Å². The van der Waals surface area contributed by atoms with Crippen LogP contribution in [-0.4, -0.2) is 65.8 Å². The van der Waals surface area contributed by atoms with Gasteiger partial charge in [0.25, 0.3) is 0 Å². The lowest BCUT2D eigenvalue weighted by Crippen LogP contribution is -2.39. The Balaban J connectivity index is 2.20. The second-order valence-electron chi connectivity index (χ2n) is 5.72. The van der Waals surface area contributed by atoms with Gasteiger partial charge in [-0.15, -0.1) is 0 Å². The van der Waals surface area contributed by atoms with Gasteiger partial charge in [0.1, 0.15) is 25.6 Å². The van der Waals surface area contributed by atoms with Crippen molar-refractivity contribution in [2.24, 2.45) is 0 Å². The molecule has 2 aliphatic rings. The Morgan fingerprint density at radius 1 is 0.893 bits per heavy atom. The minimum Gasteiger partial charge on any atom is -0.486 e. The molecule has 0 atom stereocenters. The smallest absolute Gasteiger partial charge is 0.355 e. The van der Waals surface area contributed by atoms with Gasteiger partial charge in [-0.25, -0.2) is 14.4 Å². The lowest BCUT2D eigenvalue weighted by molar-refractivity contribution is -0.140. The molecule has 10 nitrogen and oxygen atoms in total. The predicted molar refractivity (Wildman–Crippen MR) is 93.1 cm³/mol. The van der Waals surface area contributed by atoms with Gasteiger partial charge in [0.05, 0.1) is 44.8 Å². The number of hydrogen-bond acceptors (Lipinski definition) is 10. The van der Waals surface area contributed by atoms with Gasteiger partial charge in [-0.2, -0.15) is 0 Å². The van der Waals surface area contributed by atoms with E-state index in [4.69, 9.17) is 28.4 Å². The molecule has 28 heavy (non-hydrogen) atoms. The summed E-state index contributed by atoms with van der Waals surface area (Å²) in [6, 6.07) is 2.98. The summed E-state index contributed by atoms with van der Waals surface area (Å²) in [5, 5.41) is 0. The minimum absolute atomic E-state index is 0.0358. The molecule has 0 saturated carbocycles. The number of rotatable bonds is 4. The van der Waals surface area contributed by atoms with E-state index in [0.717, 1.165) is 0 Å². The molecule has 1 aromatic rings. The topological polar surface area (TPSA) is 110 Å². The van der Waals surface area contributed by atoms with Crippen LogP contribution in [0.15, 0.2) is 23.4 Å². The lowest BCUT2D eigenvalue weighted by atomic mass is 10.1. The van der Waals surface area contributed by atoms with Crippen molar-refractivity contribution < 1.29 is 42.8 Å². The van der Waals surface area contributed by atoms with Crippen molar-refractivity contribution in [1.29, 1.82) is 0 Å². The Hall–Kier alpha value is -3.27. The molecule has 2 heterocycles. The maximum Gasteiger partial charge on any atom is 0.355 e. The van der Waals surface area contributed by atoms with Crippen molar-refractivity contribution >= 4 is 23.6 Å². The molecule has 150 valence electrons. The Bertz CT molecular complexity index is 846. The standard InChI is InChI=1S/C18H19NO9/c1-23-16(20)10-6-13-14(28-5-4-27-13)7-12(10)19-9-26-8-11(17(21)24-2)15(19)18(22)25-3/h6-7H,4-5,8-9H2,1-3H3. The molecule has 0 bridgehead atoms. The molecular formula is C18H19NO9. The van der Waals surface area contributed by atoms with Crippen molar-refractivity contribution in [3.63, 3.8) is 0 Å². The normalized spacial score (nSPS) is 15.8. The number of carbonyl (C=O) groups is 3. The van der Waals surface area contributed by atoms with E-state index in [0.29, 0.717) is 24.7 Å². The first kappa shape index (κ1) is 19.5. The molecule has 0 fully saturated rings. The zero-order valence-electron chi connectivity index (χ0n) is 15.6. The van der Waals surface area contributed by atoms with E-state index in [9.17, 15) is 14.4 Å².